The van der Waals surface area contributed by atoms with Gasteiger partial charge in [0.25, 0.3) is 0 Å². The zero-order valence-corrected chi connectivity index (χ0v) is 8.57. The van der Waals surface area contributed by atoms with Gasteiger partial charge in [0, 0.05) is 0 Å². The molecule has 0 spiro atoms. The van der Waals surface area contributed by atoms with E-state index in [0.29, 0.717) is 0 Å². The van der Waals surface area contributed by atoms with Crippen LogP contribution in [0.15, 0.2) is 0 Å². The fourth-order valence-electron chi connectivity index (χ4n) is 0.833. The van der Waals surface area contributed by atoms with Crippen LogP contribution in [0.25, 0.3) is 0 Å². The molecule has 0 N–H and O–H groups in total. The normalized spacial score (nSPS) is 28.2. The molecule has 0 radical (unpaired) electrons. The lowest BCUT2D eigenvalue weighted by atomic mass is 9.77. The molecule has 2 atom stereocenters. The Labute approximate surface area is 67.0 Å². The van der Waals surface area contributed by atoms with Crippen molar-refractivity contribution in [2.75, 3.05) is 0 Å². The lowest BCUT2D eigenvalue weighted by Gasteiger charge is -2.29. The van der Waals surface area contributed by atoms with Crippen LogP contribution in [0.2, 0.25) is 0 Å². The molecule has 0 heterocycles. The van der Waals surface area contributed by atoms with E-state index in [1.807, 2.05) is 27.7 Å². The Morgan fingerprint density at radius 3 is 0.900 bits per heavy atom. The van der Waals surface area contributed by atoms with Crippen LogP contribution in [0.4, 0.5) is 0 Å². The molecule has 0 heteroatoms. The Morgan fingerprint density at radius 2 is 0.900 bits per heavy atom. The van der Waals surface area contributed by atoms with Gasteiger partial charge in [0.15, 0.2) is 0 Å². The highest BCUT2D eigenvalue weighted by atomic mass is 14.3. The molecule has 0 bridgehead atoms. The van der Waals surface area contributed by atoms with E-state index in [1.165, 1.54) is 12.8 Å². The number of hydrogen-bond donors (Lipinski definition) is 0. The standard InChI is InChI=1S/C6H12.2C2H6/c1-5-3-4-6(5)2;2*1-2/h5-6H,3-4H2,1-2H3;2*1-2H3/t5-,6-;;/m0../s1. The molecular formula is C10H24. The monoisotopic (exact) mass is 144 g/mol. The Balaban J connectivity index is 0. The van der Waals surface area contributed by atoms with Gasteiger partial charge in [-0.05, 0) is 11.8 Å². The van der Waals surface area contributed by atoms with Crippen LogP contribution in [0.1, 0.15) is 54.4 Å². The van der Waals surface area contributed by atoms with E-state index < -0.39 is 0 Å². The molecule has 1 fully saturated rings. The van der Waals surface area contributed by atoms with E-state index >= 15 is 0 Å². The molecule has 64 valence electrons. The topological polar surface area (TPSA) is 0 Å². The summed E-state index contributed by atoms with van der Waals surface area (Å²) >= 11 is 0. The van der Waals surface area contributed by atoms with E-state index in [4.69, 9.17) is 0 Å². The van der Waals surface area contributed by atoms with Crippen molar-refractivity contribution in [3.63, 3.8) is 0 Å². The van der Waals surface area contributed by atoms with Crippen LogP contribution < -0.4 is 0 Å². The van der Waals surface area contributed by atoms with Gasteiger partial charge < -0.3 is 0 Å². The van der Waals surface area contributed by atoms with E-state index in [9.17, 15) is 0 Å². The maximum absolute atomic E-state index is 2.33. The maximum Gasteiger partial charge on any atom is -0.0417 e. The first-order valence-electron chi connectivity index (χ1n) is 4.80. The molecule has 0 aromatic heterocycles. The third kappa shape index (κ3) is 4.84. The summed E-state index contributed by atoms with van der Waals surface area (Å²) in [6, 6.07) is 0. The minimum Gasteiger partial charge on any atom is -0.0683 e. The molecule has 1 aliphatic rings. The molecule has 0 nitrogen and oxygen atoms in total. The van der Waals surface area contributed by atoms with Crippen molar-refractivity contribution in [1.82, 2.24) is 0 Å². The fraction of sp³-hybridized carbons (Fsp3) is 1.00. The van der Waals surface area contributed by atoms with Crippen molar-refractivity contribution in [2.45, 2.75) is 54.4 Å². The zero-order valence-electron chi connectivity index (χ0n) is 8.57. The van der Waals surface area contributed by atoms with Crippen LogP contribution >= 0.6 is 0 Å². The van der Waals surface area contributed by atoms with Crippen molar-refractivity contribution in [3.05, 3.63) is 0 Å². The van der Waals surface area contributed by atoms with Gasteiger partial charge in [-0.25, -0.2) is 0 Å². The van der Waals surface area contributed by atoms with Gasteiger partial charge in [0.2, 0.25) is 0 Å². The largest absolute Gasteiger partial charge is 0.0683 e. The molecule has 0 aliphatic heterocycles. The third-order valence-corrected chi connectivity index (χ3v) is 2.05. The summed E-state index contributed by atoms with van der Waals surface area (Å²) in [5.74, 6) is 2.06. The maximum atomic E-state index is 2.33. The van der Waals surface area contributed by atoms with Crippen molar-refractivity contribution in [3.8, 4) is 0 Å². The van der Waals surface area contributed by atoms with Crippen LogP contribution in [-0.2, 0) is 0 Å². The molecule has 0 aromatic rings. The summed E-state index contributed by atoms with van der Waals surface area (Å²) in [4.78, 5) is 0. The highest BCUT2D eigenvalue weighted by Gasteiger charge is 2.20. The minimum atomic E-state index is 1.03. The molecule has 1 saturated carbocycles. The van der Waals surface area contributed by atoms with Crippen molar-refractivity contribution < 1.29 is 0 Å². The zero-order chi connectivity index (χ0) is 8.57. The van der Waals surface area contributed by atoms with Crippen LogP contribution in [-0.4, -0.2) is 0 Å². The highest BCUT2D eigenvalue weighted by molar-refractivity contribution is 4.71. The average molecular weight is 144 g/mol. The first kappa shape index (κ1) is 12.7. The first-order valence-corrected chi connectivity index (χ1v) is 4.80. The van der Waals surface area contributed by atoms with Crippen LogP contribution in [0, 0.1) is 11.8 Å². The minimum absolute atomic E-state index is 1.03. The second kappa shape index (κ2) is 9.00. The number of hydrogen-bond acceptors (Lipinski definition) is 0. The van der Waals surface area contributed by atoms with Gasteiger partial charge in [-0.1, -0.05) is 54.4 Å². The molecule has 1 aliphatic carbocycles. The molecule has 0 saturated heterocycles. The Morgan fingerprint density at radius 1 is 0.700 bits per heavy atom. The summed E-state index contributed by atoms with van der Waals surface area (Å²) in [6.45, 7) is 12.7. The van der Waals surface area contributed by atoms with Crippen molar-refractivity contribution >= 4 is 0 Å². The van der Waals surface area contributed by atoms with Gasteiger partial charge >= 0.3 is 0 Å². The quantitative estimate of drug-likeness (QED) is 0.480. The second-order valence-electron chi connectivity index (χ2n) is 2.53. The van der Waals surface area contributed by atoms with E-state index in [0.717, 1.165) is 11.8 Å². The average Bonchev–Trinajstić information content (AvgIpc) is 2.08. The van der Waals surface area contributed by atoms with Gasteiger partial charge in [0.1, 0.15) is 0 Å². The van der Waals surface area contributed by atoms with Crippen LogP contribution in [0.3, 0.4) is 0 Å². The fourth-order valence-corrected chi connectivity index (χ4v) is 0.833. The van der Waals surface area contributed by atoms with E-state index in [1.54, 1.807) is 0 Å². The van der Waals surface area contributed by atoms with E-state index in [2.05, 4.69) is 13.8 Å². The SMILES string of the molecule is CC.CC.C[C@H]1CC[C@@H]1C. The number of rotatable bonds is 0. The van der Waals surface area contributed by atoms with Gasteiger partial charge in [0.05, 0.1) is 0 Å². The summed E-state index contributed by atoms with van der Waals surface area (Å²) < 4.78 is 0. The van der Waals surface area contributed by atoms with Crippen LogP contribution in [0.5, 0.6) is 0 Å². The summed E-state index contributed by atoms with van der Waals surface area (Å²) in [5, 5.41) is 0. The summed E-state index contributed by atoms with van der Waals surface area (Å²) in [5.41, 5.74) is 0. The molecule has 0 unspecified atom stereocenters. The predicted molar refractivity (Wildman–Crippen MR) is 50.3 cm³/mol. The molecule has 1 rings (SSSR count). The Bertz CT molecular complexity index is 40.0. The lowest BCUT2D eigenvalue weighted by molar-refractivity contribution is 0.219. The summed E-state index contributed by atoms with van der Waals surface area (Å²) in [6.07, 6.45) is 2.95. The first-order chi connectivity index (χ1) is 4.80. The van der Waals surface area contributed by atoms with Crippen molar-refractivity contribution in [2.24, 2.45) is 11.8 Å². The van der Waals surface area contributed by atoms with Gasteiger partial charge in [-0.3, -0.25) is 0 Å². The highest BCUT2D eigenvalue weighted by Crippen LogP contribution is 2.32. The second-order valence-corrected chi connectivity index (χ2v) is 2.53. The molecule has 0 amide bonds. The Kier molecular flexibility index (Phi) is 11.4. The lowest BCUT2D eigenvalue weighted by Crippen LogP contribution is -2.18. The smallest absolute Gasteiger partial charge is 0.0417 e. The third-order valence-electron chi connectivity index (χ3n) is 2.05. The van der Waals surface area contributed by atoms with E-state index in [-0.39, 0.29) is 0 Å². The molecule has 10 heavy (non-hydrogen) atoms. The molecular weight excluding hydrogens is 120 g/mol. The molecule has 0 aromatic carbocycles. The Hall–Kier alpha value is 0. The predicted octanol–water partition coefficient (Wildman–Crippen LogP) is 4.10. The van der Waals surface area contributed by atoms with Gasteiger partial charge in [-0.15, -0.1) is 0 Å². The summed E-state index contributed by atoms with van der Waals surface area (Å²) in [7, 11) is 0. The van der Waals surface area contributed by atoms with Gasteiger partial charge in [-0.2, -0.15) is 0 Å². The van der Waals surface area contributed by atoms with Crippen molar-refractivity contribution in [1.29, 1.82) is 0 Å².